The van der Waals surface area contributed by atoms with Gasteiger partial charge in [0.25, 0.3) is 5.91 Å². The van der Waals surface area contributed by atoms with Crippen LogP contribution in [0.5, 0.6) is 0 Å². The average molecular weight is 359 g/mol. The van der Waals surface area contributed by atoms with Crippen LogP contribution in [0.4, 0.5) is 4.79 Å². The molecule has 0 fully saturated rings. The summed E-state index contributed by atoms with van der Waals surface area (Å²) in [7, 11) is 0. The van der Waals surface area contributed by atoms with Gasteiger partial charge in [0.2, 0.25) is 0 Å². The highest BCUT2D eigenvalue weighted by Crippen LogP contribution is 2.29. The molecule has 130 valence electrons. The number of imide groups is 1. The maximum atomic E-state index is 12.3. The molecule has 25 heavy (non-hydrogen) atoms. The zero-order valence-corrected chi connectivity index (χ0v) is 14.5. The number of esters is 1. The van der Waals surface area contributed by atoms with E-state index in [1.54, 1.807) is 18.3 Å². The first kappa shape index (κ1) is 18.5. The molecule has 3 N–H and O–H groups in total. The number of benzene rings is 1. The maximum absolute atomic E-state index is 12.3. The summed E-state index contributed by atoms with van der Waals surface area (Å²) >= 11 is 1.31. The fourth-order valence-corrected chi connectivity index (χ4v) is 2.72. The van der Waals surface area contributed by atoms with Crippen LogP contribution < -0.4 is 11.1 Å². The van der Waals surface area contributed by atoms with Crippen LogP contribution in [0, 0.1) is 6.92 Å². The van der Waals surface area contributed by atoms with Crippen molar-refractivity contribution >= 4 is 29.7 Å². The van der Waals surface area contributed by atoms with Crippen LogP contribution in [0.3, 0.4) is 0 Å². The van der Waals surface area contributed by atoms with E-state index in [4.69, 9.17) is 10.5 Å². The van der Waals surface area contributed by atoms with Gasteiger partial charge >= 0.3 is 12.0 Å². The molecule has 0 saturated carbocycles. The number of aromatic nitrogens is 1. The number of nitrogens with one attached hydrogen (secondary N) is 1. The molecule has 0 aliphatic carbocycles. The van der Waals surface area contributed by atoms with E-state index >= 15 is 0 Å². The molecule has 0 aliphatic heterocycles. The molecule has 0 radical (unpaired) electrons. The third-order valence-electron chi connectivity index (χ3n) is 3.13. The van der Waals surface area contributed by atoms with Gasteiger partial charge in [0.05, 0.1) is 5.56 Å². The predicted octanol–water partition coefficient (Wildman–Crippen LogP) is 2.28. The quantitative estimate of drug-likeness (QED) is 0.792. The summed E-state index contributed by atoms with van der Waals surface area (Å²) in [6.45, 7) is 3.33. The first-order valence-corrected chi connectivity index (χ1v) is 8.19. The van der Waals surface area contributed by atoms with E-state index in [-0.39, 0.29) is 5.56 Å². The third-order valence-corrected chi connectivity index (χ3v) is 4.15. The lowest BCUT2D eigenvalue weighted by atomic mass is 10.2. The molecule has 3 amide bonds. The SMILES string of the molecule is Cc1ccc(Sc2ncccc2C(=O)O[C@@H](C)C(=O)NC(N)=O)cc1. The third kappa shape index (κ3) is 5.32. The van der Waals surface area contributed by atoms with Crippen molar-refractivity contribution in [2.24, 2.45) is 5.73 Å². The van der Waals surface area contributed by atoms with E-state index in [2.05, 4.69) is 4.98 Å². The Kier molecular flexibility index (Phi) is 6.13. The van der Waals surface area contributed by atoms with E-state index < -0.39 is 24.0 Å². The topological polar surface area (TPSA) is 111 Å². The van der Waals surface area contributed by atoms with Crippen molar-refractivity contribution in [3.8, 4) is 0 Å². The molecule has 0 spiro atoms. The fourth-order valence-electron chi connectivity index (χ4n) is 1.85. The number of nitrogens with two attached hydrogens (primary N) is 1. The molecule has 0 aliphatic rings. The van der Waals surface area contributed by atoms with Crippen LogP contribution in [0.2, 0.25) is 0 Å². The van der Waals surface area contributed by atoms with Crippen LogP contribution in [-0.4, -0.2) is 29.0 Å². The number of nitrogens with zero attached hydrogens (tertiary/aromatic N) is 1. The predicted molar refractivity (Wildman–Crippen MR) is 92.1 cm³/mol. The highest BCUT2D eigenvalue weighted by molar-refractivity contribution is 7.99. The molecule has 1 aromatic carbocycles. The molecule has 1 atom stereocenters. The standard InChI is InChI=1S/C17H17N3O4S/c1-10-5-7-12(8-6-10)25-15-13(4-3-9-19-15)16(22)24-11(2)14(21)20-17(18)23/h3-9,11H,1-2H3,(H3,18,20,21,23)/t11-/m0/s1. The minimum Gasteiger partial charge on any atom is -0.449 e. The summed E-state index contributed by atoms with van der Waals surface area (Å²) < 4.78 is 5.08. The molecule has 8 heteroatoms. The number of aryl methyl sites for hydroxylation is 1. The second-order valence-corrected chi connectivity index (χ2v) is 6.23. The van der Waals surface area contributed by atoms with Crippen molar-refractivity contribution in [3.05, 3.63) is 53.7 Å². The van der Waals surface area contributed by atoms with Crippen molar-refractivity contribution in [2.75, 3.05) is 0 Å². The maximum Gasteiger partial charge on any atom is 0.341 e. The van der Waals surface area contributed by atoms with Gasteiger partial charge in [-0.3, -0.25) is 10.1 Å². The average Bonchev–Trinajstić information content (AvgIpc) is 2.56. The molecule has 7 nitrogen and oxygen atoms in total. The summed E-state index contributed by atoms with van der Waals surface area (Å²) in [4.78, 5) is 39.8. The second-order valence-electron chi connectivity index (χ2n) is 5.17. The normalized spacial score (nSPS) is 11.4. The number of urea groups is 1. The minimum atomic E-state index is -1.17. The highest BCUT2D eigenvalue weighted by atomic mass is 32.2. The molecule has 2 rings (SSSR count). The Labute approximate surface area is 149 Å². The molecule has 2 aromatic rings. The summed E-state index contributed by atoms with van der Waals surface area (Å²) in [5.41, 5.74) is 6.22. The molecule has 1 heterocycles. The van der Waals surface area contributed by atoms with Crippen LogP contribution in [-0.2, 0) is 9.53 Å². The molecule has 0 saturated heterocycles. The number of pyridine rings is 1. The molecule has 1 aromatic heterocycles. The minimum absolute atomic E-state index is 0.229. The second kappa shape index (κ2) is 8.29. The Morgan fingerprint density at radius 2 is 1.88 bits per heavy atom. The Bertz CT molecular complexity index is 793. The number of rotatable bonds is 5. The lowest BCUT2D eigenvalue weighted by Gasteiger charge is -2.13. The van der Waals surface area contributed by atoms with E-state index in [0.717, 1.165) is 10.5 Å². The molecular weight excluding hydrogens is 342 g/mol. The number of hydrogen-bond donors (Lipinski definition) is 2. The Balaban J connectivity index is 2.13. The van der Waals surface area contributed by atoms with Gasteiger partial charge in [0.15, 0.2) is 6.10 Å². The van der Waals surface area contributed by atoms with E-state index in [1.165, 1.54) is 18.7 Å². The number of carbonyl (C=O) groups is 3. The lowest BCUT2D eigenvalue weighted by molar-refractivity contribution is -0.127. The highest BCUT2D eigenvalue weighted by Gasteiger charge is 2.22. The van der Waals surface area contributed by atoms with Crippen molar-refractivity contribution in [1.29, 1.82) is 0 Å². The summed E-state index contributed by atoms with van der Waals surface area (Å²) in [5, 5.41) is 2.32. The van der Waals surface area contributed by atoms with Gasteiger partial charge in [0.1, 0.15) is 5.03 Å². The smallest absolute Gasteiger partial charge is 0.341 e. The Morgan fingerprint density at radius 3 is 2.52 bits per heavy atom. The summed E-state index contributed by atoms with van der Waals surface area (Å²) in [5.74, 6) is -1.51. The molecular formula is C17H17N3O4S. The van der Waals surface area contributed by atoms with Crippen LogP contribution >= 0.6 is 11.8 Å². The van der Waals surface area contributed by atoms with Crippen molar-refractivity contribution < 1.29 is 19.1 Å². The first-order chi connectivity index (χ1) is 11.9. The summed E-state index contributed by atoms with van der Waals surface area (Å²) in [6.07, 6.45) is 0.397. The molecule has 0 unspecified atom stereocenters. The van der Waals surface area contributed by atoms with Crippen LogP contribution in [0.15, 0.2) is 52.5 Å². The fraction of sp³-hybridized carbons (Fsp3) is 0.176. The monoisotopic (exact) mass is 359 g/mol. The first-order valence-electron chi connectivity index (χ1n) is 7.37. The van der Waals surface area contributed by atoms with Crippen molar-refractivity contribution in [2.45, 2.75) is 29.9 Å². The van der Waals surface area contributed by atoms with E-state index in [0.29, 0.717) is 5.03 Å². The van der Waals surface area contributed by atoms with Crippen molar-refractivity contribution in [1.82, 2.24) is 10.3 Å². The lowest BCUT2D eigenvalue weighted by Crippen LogP contribution is -2.42. The van der Waals surface area contributed by atoms with Gasteiger partial charge in [-0.2, -0.15) is 0 Å². The van der Waals surface area contributed by atoms with Gasteiger partial charge in [0, 0.05) is 11.1 Å². The van der Waals surface area contributed by atoms with Gasteiger partial charge in [-0.05, 0) is 38.1 Å². The van der Waals surface area contributed by atoms with Crippen molar-refractivity contribution in [3.63, 3.8) is 0 Å². The van der Waals surface area contributed by atoms with Gasteiger partial charge in [-0.25, -0.2) is 14.6 Å². The van der Waals surface area contributed by atoms with Crippen LogP contribution in [0.25, 0.3) is 0 Å². The Hall–Kier alpha value is -2.87. The van der Waals surface area contributed by atoms with Gasteiger partial charge in [-0.1, -0.05) is 29.5 Å². The van der Waals surface area contributed by atoms with Gasteiger partial charge < -0.3 is 10.5 Å². The Morgan fingerprint density at radius 1 is 1.20 bits per heavy atom. The largest absolute Gasteiger partial charge is 0.449 e. The number of hydrogen-bond acceptors (Lipinski definition) is 6. The van der Waals surface area contributed by atoms with E-state index in [1.807, 2.05) is 36.5 Å². The van der Waals surface area contributed by atoms with Gasteiger partial charge in [-0.15, -0.1) is 0 Å². The number of ether oxygens (including phenoxy) is 1. The number of primary amides is 1. The van der Waals surface area contributed by atoms with E-state index in [9.17, 15) is 14.4 Å². The zero-order valence-electron chi connectivity index (χ0n) is 13.7. The molecule has 0 bridgehead atoms. The summed E-state index contributed by atoms with van der Waals surface area (Å²) in [6, 6.07) is 9.91. The zero-order chi connectivity index (χ0) is 18.4. The number of carbonyl (C=O) groups excluding carboxylic acids is 3. The van der Waals surface area contributed by atoms with Crippen LogP contribution in [0.1, 0.15) is 22.8 Å². The number of amides is 3.